The fourth-order valence-corrected chi connectivity index (χ4v) is 3.93. The van der Waals surface area contributed by atoms with Crippen LogP contribution in [0.4, 0.5) is 10.8 Å². The summed E-state index contributed by atoms with van der Waals surface area (Å²) in [6, 6.07) is 13.0. The topological polar surface area (TPSA) is 91.8 Å². The minimum absolute atomic E-state index is 0.137. The van der Waals surface area contributed by atoms with Gasteiger partial charge in [0.1, 0.15) is 6.07 Å². The van der Waals surface area contributed by atoms with E-state index in [4.69, 9.17) is 11.0 Å². The van der Waals surface area contributed by atoms with E-state index in [9.17, 15) is 4.79 Å². The number of benzene rings is 1. The van der Waals surface area contributed by atoms with Gasteiger partial charge in [-0.1, -0.05) is 18.2 Å². The van der Waals surface area contributed by atoms with Crippen LogP contribution in [0.5, 0.6) is 0 Å². The fraction of sp³-hybridized carbons (Fsp3) is 0.118. The number of aryl methyl sites for hydroxylation is 1. The first-order chi connectivity index (χ1) is 11.7. The number of amides is 1. The van der Waals surface area contributed by atoms with Gasteiger partial charge in [-0.3, -0.25) is 4.79 Å². The Morgan fingerprint density at radius 1 is 1.29 bits per heavy atom. The molecule has 0 spiro atoms. The molecule has 3 aromatic rings. The molecule has 2 heterocycles. The number of carbonyl (C=O) groups is 1. The number of nitriles is 1. The first-order valence-electron chi connectivity index (χ1n) is 7.25. The zero-order valence-corrected chi connectivity index (χ0v) is 14.3. The van der Waals surface area contributed by atoms with Crippen LogP contribution in [0.25, 0.3) is 10.6 Å². The summed E-state index contributed by atoms with van der Waals surface area (Å²) in [5, 5.41) is 14.3. The maximum Gasteiger partial charge on any atom is 0.224 e. The van der Waals surface area contributed by atoms with E-state index in [2.05, 4.69) is 16.4 Å². The molecule has 5 nitrogen and oxygen atoms in total. The zero-order chi connectivity index (χ0) is 16.9. The molecule has 0 bridgehead atoms. The van der Waals surface area contributed by atoms with Crippen molar-refractivity contribution in [1.29, 1.82) is 5.26 Å². The Morgan fingerprint density at radius 2 is 2.12 bits per heavy atom. The third-order valence-electron chi connectivity index (χ3n) is 3.37. The Morgan fingerprint density at radius 3 is 2.88 bits per heavy atom. The van der Waals surface area contributed by atoms with Crippen molar-refractivity contribution in [2.24, 2.45) is 0 Å². The van der Waals surface area contributed by atoms with Crippen molar-refractivity contribution in [3.8, 4) is 16.6 Å². The quantitative estimate of drug-likeness (QED) is 0.727. The van der Waals surface area contributed by atoms with Gasteiger partial charge in [0.2, 0.25) is 5.91 Å². The number of carbonyl (C=O) groups excluding carboxylic acids is 1. The van der Waals surface area contributed by atoms with Gasteiger partial charge in [0, 0.05) is 11.3 Å². The lowest BCUT2D eigenvalue weighted by Crippen LogP contribution is -2.13. The molecule has 0 saturated heterocycles. The molecule has 2 aromatic heterocycles. The van der Waals surface area contributed by atoms with Crippen molar-refractivity contribution in [1.82, 2.24) is 4.98 Å². The molecule has 1 amide bonds. The summed E-state index contributed by atoms with van der Waals surface area (Å²) in [6.45, 7) is 0. The summed E-state index contributed by atoms with van der Waals surface area (Å²) >= 11 is 3.01. The summed E-state index contributed by atoms with van der Waals surface area (Å²) in [6.07, 6.45) is 0.864. The lowest BCUT2D eigenvalue weighted by molar-refractivity contribution is -0.116. The second-order valence-electron chi connectivity index (χ2n) is 5.01. The van der Waals surface area contributed by atoms with Gasteiger partial charge in [-0.15, -0.1) is 22.7 Å². The third-order valence-corrected chi connectivity index (χ3v) is 5.19. The molecule has 0 radical (unpaired) electrons. The normalized spacial score (nSPS) is 10.3. The van der Waals surface area contributed by atoms with Crippen LogP contribution >= 0.6 is 22.7 Å². The Labute approximate surface area is 147 Å². The van der Waals surface area contributed by atoms with Gasteiger partial charge < -0.3 is 11.1 Å². The fourth-order valence-electron chi connectivity index (χ4n) is 2.27. The molecule has 0 saturated carbocycles. The SMILES string of the molecule is N#Cc1ccccc1NC(=O)CCc1sc(N)nc1-c1cccs1. The van der Waals surface area contributed by atoms with Crippen LogP contribution in [0.3, 0.4) is 0 Å². The predicted molar refractivity (Wildman–Crippen MR) is 97.9 cm³/mol. The van der Waals surface area contributed by atoms with Crippen molar-refractivity contribution < 1.29 is 4.79 Å². The van der Waals surface area contributed by atoms with Crippen molar-refractivity contribution in [3.63, 3.8) is 0 Å². The molecule has 7 heteroatoms. The minimum Gasteiger partial charge on any atom is -0.375 e. The number of rotatable bonds is 5. The van der Waals surface area contributed by atoms with Gasteiger partial charge in [0.25, 0.3) is 0 Å². The van der Waals surface area contributed by atoms with E-state index < -0.39 is 0 Å². The Bertz CT molecular complexity index is 894. The molecule has 0 atom stereocenters. The van der Waals surface area contributed by atoms with Crippen LogP contribution < -0.4 is 11.1 Å². The predicted octanol–water partition coefficient (Wildman–Crippen LogP) is 3.90. The lowest BCUT2D eigenvalue weighted by atomic mass is 10.1. The second kappa shape index (κ2) is 7.25. The van der Waals surface area contributed by atoms with E-state index in [0.29, 0.717) is 29.2 Å². The smallest absolute Gasteiger partial charge is 0.224 e. The molecule has 0 fully saturated rings. The standard InChI is InChI=1S/C17H14N4OS2/c18-10-11-4-1-2-5-12(11)20-15(22)8-7-14-16(21-17(19)24-14)13-6-3-9-23-13/h1-6,9H,7-8H2,(H2,19,21)(H,20,22). The van der Waals surface area contributed by atoms with E-state index in [1.165, 1.54) is 11.3 Å². The van der Waals surface area contributed by atoms with Crippen LogP contribution in [-0.4, -0.2) is 10.9 Å². The molecule has 120 valence electrons. The highest BCUT2D eigenvalue weighted by Gasteiger charge is 2.14. The summed E-state index contributed by atoms with van der Waals surface area (Å²) in [5.74, 6) is -0.137. The summed E-state index contributed by atoms with van der Waals surface area (Å²) in [7, 11) is 0. The number of nitrogens with two attached hydrogens (primary N) is 1. The molecule has 0 unspecified atom stereocenters. The molecule has 0 aliphatic heterocycles. The van der Waals surface area contributed by atoms with Crippen molar-refractivity contribution in [2.75, 3.05) is 11.1 Å². The van der Waals surface area contributed by atoms with Crippen LogP contribution in [0.15, 0.2) is 41.8 Å². The number of hydrogen-bond donors (Lipinski definition) is 2. The molecule has 1 aromatic carbocycles. The monoisotopic (exact) mass is 354 g/mol. The average Bonchev–Trinajstić information content (AvgIpc) is 3.22. The Hall–Kier alpha value is -2.69. The first-order valence-corrected chi connectivity index (χ1v) is 8.95. The largest absolute Gasteiger partial charge is 0.375 e. The molecule has 3 N–H and O–H groups in total. The van der Waals surface area contributed by atoms with Gasteiger partial charge in [-0.2, -0.15) is 5.26 Å². The van der Waals surface area contributed by atoms with E-state index in [1.54, 1.807) is 35.6 Å². The van der Waals surface area contributed by atoms with E-state index in [0.717, 1.165) is 15.4 Å². The molecular weight excluding hydrogens is 340 g/mol. The van der Waals surface area contributed by atoms with E-state index in [1.807, 2.05) is 17.5 Å². The number of aromatic nitrogens is 1. The first kappa shape index (κ1) is 16.2. The maximum atomic E-state index is 12.2. The lowest BCUT2D eigenvalue weighted by Gasteiger charge is -2.06. The highest BCUT2D eigenvalue weighted by molar-refractivity contribution is 7.17. The number of thiazole rings is 1. The van der Waals surface area contributed by atoms with E-state index >= 15 is 0 Å². The zero-order valence-electron chi connectivity index (χ0n) is 12.7. The Balaban J connectivity index is 1.68. The van der Waals surface area contributed by atoms with Crippen molar-refractivity contribution in [2.45, 2.75) is 12.8 Å². The number of hydrogen-bond acceptors (Lipinski definition) is 6. The number of nitrogen functional groups attached to an aromatic ring is 1. The van der Waals surface area contributed by atoms with E-state index in [-0.39, 0.29) is 5.91 Å². The summed E-state index contributed by atoms with van der Waals surface area (Å²) < 4.78 is 0. The second-order valence-corrected chi connectivity index (χ2v) is 7.07. The minimum atomic E-state index is -0.137. The van der Waals surface area contributed by atoms with Gasteiger partial charge >= 0.3 is 0 Å². The molecule has 0 aliphatic rings. The van der Waals surface area contributed by atoms with Crippen molar-refractivity contribution in [3.05, 3.63) is 52.2 Å². The number of nitrogens with one attached hydrogen (secondary N) is 1. The maximum absolute atomic E-state index is 12.2. The summed E-state index contributed by atoms with van der Waals surface area (Å²) in [4.78, 5) is 18.6. The third kappa shape index (κ3) is 3.62. The highest BCUT2D eigenvalue weighted by atomic mass is 32.1. The van der Waals surface area contributed by atoms with Gasteiger partial charge in [-0.05, 0) is 30.0 Å². The molecule has 24 heavy (non-hydrogen) atoms. The van der Waals surface area contributed by atoms with Gasteiger partial charge in [0.05, 0.1) is 21.8 Å². The van der Waals surface area contributed by atoms with Gasteiger partial charge in [0.15, 0.2) is 5.13 Å². The Kier molecular flexibility index (Phi) is 4.89. The van der Waals surface area contributed by atoms with Crippen LogP contribution in [0.1, 0.15) is 16.9 Å². The number of para-hydroxylation sites is 1. The highest BCUT2D eigenvalue weighted by Crippen LogP contribution is 2.33. The number of anilines is 2. The van der Waals surface area contributed by atoms with Crippen molar-refractivity contribution >= 4 is 39.4 Å². The number of thiophene rings is 1. The average molecular weight is 354 g/mol. The molecule has 0 aliphatic carbocycles. The summed E-state index contributed by atoms with van der Waals surface area (Å²) in [5.41, 5.74) is 7.67. The van der Waals surface area contributed by atoms with Crippen LogP contribution in [0, 0.1) is 11.3 Å². The number of nitrogens with zero attached hydrogens (tertiary/aromatic N) is 2. The molecule has 3 rings (SSSR count). The van der Waals surface area contributed by atoms with Crippen LogP contribution in [-0.2, 0) is 11.2 Å². The molecular formula is C17H14N4OS2. The van der Waals surface area contributed by atoms with Gasteiger partial charge in [-0.25, -0.2) is 4.98 Å². The van der Waals surface area contributed by atoms with Crippen LogP contribution in [0.2, 0.25) is 0 Å².